The molecule has 7 atom stereocenters. The summed E-state index contributed by atoms with van der Waals surface area (Å²) >= 11 is 0. The highest BCUT2D eigenvalue weighted by Crippen LogP contribution is 2.23. The lowest BCUT2D eigenvalue weighted by atomic mass is 9.99. The van der Waals surface area contributed by atoms with Gasteiger partial charge in [-0.05, 0) is 32.1 Å². The molecule has 1 aliphatic rings. The highest BCUT2D eigenvalue weighted by atomic mass is 16.7. The van der Waals surface area contributed by atoms with Crippen molar-refractivity contribution in [3.8, 4) is 0 Å². The van der Waals surface area contributed by atoms with Crippen molar-refractivity contribution in [1.82, 2.24) is 5.32 Å². The molecule has 7 unspecified atom stereocenters. The number of hydrogen-bond acceptors (Lipinski definition) is 10. The van der Waals surface area contributed by atoms with Crippen molar-refractivity contribution < 1.29 is 49.3 Å². The number of nitrogens with one attached hydrogen (secondary N) is 1. The Hall–Kier alpha value is -1.60. The number of aliphatic hydroxyl groups excluding tert-OH is 5. The Bertz CT molecular complexity index is 1270. The van der Waals surface area contributed by atoms with E-state index in [0.717, 1.165) is 57.8 Å². The van der Waals surface area contributed by atoms with E-state index in [2.05, 4.69) is 19.2 Å². The van der Waals surface area contributed by atoms with E-state index in [9.17, 15) is 35.1 Å². The van der Waals surface area contributed by atoms with Crippen LogP contribution in [0.4, 0.5) is 0 Å². The highest BCUT2D eigenvalue weighted by Gasteiger charge is 2.44. The Kier molecular flexibility index (Phi) is 52.7. The zero-order valence-corrected chi connectivity index (χ0v) is 49.7. The fourth-order valence-electron chi connectivity index (χ4n) is 10.7. The fourth-order valence-corrected chi connectivity index (χ4v) is 10.7. The summed E-state index contributed by atoms with van der Waals surface area (Å²) in [5.41, 5.74) is 0. The van der Waals surface area contributed by atoms with Crippen molar-refractivity contribution in [3.63, 3.8) is 0 Å². The summed E-state index contributed by atoms with van der Waals surface area (Å²) in [4.78, 5) is 25.1. The minimum atomic E-state index is -1.57. The molecule has 1 aliphatic heterocycles. The first kappa shape index (κ1) is 72.4. The molecular formula is C65H125NO10. The summed E-state index contributed by atoms with van der Waals surface area (Å²) in [6.45, 7) is 4.36. The third-order valence-electron chi connectivity index (χ3n) is 15.9. The SMILES string of the molecule is CCCCCCCCCCC/C=C/C(O)C(COC1OC(CO)C(O)C(O)C1O)NC(=O)CCCCCCCCCCCCCCCCCCCCCCCCCCCCOC(=O)CCCCCCCCCCCCC. The average Bonchev–Trinajstić information content (AvgIpc) is 3.42. The molecule has 1 rings (SSSR count). The van der Waals surface area contributed by atoms with Crippen molar-refractivity contribution in [3.05, 3.63) is 12.2 Å². The molecule has 6 N–H and O–H groups in total. The molecule has 0 aromatic heterocycles. The highest BCUT2D eigenvalue weighted by molar-refractivity contribution is 5.76. The lowest BCUT2D eigenvalue weighted by molar-refractivity contribution is -0.302. The molecule has 1 heterocycles. The second-order valence-electron chi connectivity index (χ2n) is 23.2. The molecule has 0 saturated carbocycles. The van der Waals surface area contributed by atoms with Crippen LogP contribution in [0.3, 0.4) is 0 Å². The first-order chi connectivity index (χ1) is 37.2. The van der Waals surface area contributed by atoms with Crippen LogP contribution in [0.5, 0.6) is 0 Å². The molecule has 0 radical (unpaired) electrons. The minimum Gasteiger partial charge on any atom is -0.466 e. The number of hydrogen-bond donors (Lipinski definition) is 6. The van der Waals surface area contributed by atoms with Crippen LogP contribution >= 0.6 is 0 Å². The third-order valence-corrected chi connectivity index (χ3v) is 15.9. The number of ether oxygens (including phenoxy) is 3. The van der Waals surface area contributed by atoms with Gasteiger partial charge in [-0.3, -0.25) is 9.59 Å². The van der Waals surface area contributed by atoms with Crippen molar-refractivity contribution in [2.45, 2.75) is 371 Å². The predicted octanol–water partition coefficient (Wildman–Crippen LogP) is 15.9. The van der Waals surface area contributed by atoms with E-state index < -0.39 is 49.5 Å². The fraction of sp³-hybridized carbons (Fsp3) is 0.938. The summed E-state index contributed by atoms with van der Waals surface area (Å²) in [5.74, 6) is -0.171. The first-order valence-electron chi connectivity index (χ1n) is 33.0. The maximum atomic E-state index is 13.0. The van der Waals surface area contributed by atoms with Crippen LogP contribution in [0.25, 0.3) is 0 Å². The lowest BCUT2D eigenvalue weighted by Crippen LogP contribution is -2.60. The van der Waals surface area contributed by atoms with Gasteiger partial charge in [-0.25, -0.2) is 0 Å². The van der Waals surface area contributed by atoms with E-state index in [0.29, 0.717) is 19.4 Å². The number of rotatable bonds is 58. The van der Waals surface area contributed by atoms with E-state index in [1.54, 1.807) is 6.08 Å². The Morgan fingerprint density at radius 3 is 1.22 bits per heavy atom. The monoisotopic (exact) mass is 1080 g/mol. The average molecular weight is 1080 g/mol. The molecule has 0 aliphatic carbocycles. The van der Waals surface area contributed by atoms with Gasteiger partial charge in [0, 0.05) is 12.8 Å². The van der Waals surface area contributed by atoms with Crippen LogP contribution in [0.2, 0.25) is 0 Å². The van der Waals surface area contributed by atoms with Gasteiger partial charge in [0.2, 0.25) is 5.91 Å². The van der Waals surface area contributed by atoms with Gasteiger partial charge in [-0.1, -0.05) is 296 Å². The smallest absolute Gasteiger partial charge is 0.305 e. The number of aliphatic hydroxyl groups is 5. The molecule has 0 bridgehead atoms. The Morgan fingerprint density at radius 2 is 0.829 bits per heavy atom. The zero-order chi connectivity index (χ0) is 55.2. The van der Waals surface area contributed by atoms with E-state index in [-0.39, 0.29) is 18.5 Å². The third kappa shape index (κ3) is 44.2. The number of esters is 1. The van der Waals surface area contributed by atoms with Gasteiger partial charge in [0.25, 0.3) is 0 Å². The molecule has 1 saturated heterocycles. The van der Waals surface area contributed by atoms with E-state index in [1.165, 1.54) is 244 Å². The second-order valence-corrected chi connectivity index (χ2v) is 23.2. The predicted molar refractivity (Wildman–Crippen MR) is 315 cm³/mol. The molecule has 1 amide bonds. The van der Waals surface area contributed by atoms with Gasteiger partial charge in [0.1, 0.15) is 24.4 Å². The van der Waals surface area contributed by atoms with Crippen molar-refractivity contribution in [1.29, 1.82) is 0 Å². The molecule has 0 aromatic rings. The van der Waals surface area contributed by atoms with E-state index in [1.807, 2.05) is 6.08 Å². The molecule has 450 valence electrons. The second kappa shape index (κ2) is 55.3. The standard InChI is InChI=1S/C65H125NO10/c1-3-5-7-9-11-13-31-35-39-43-47-51-58(68)57(56-75-65-64(73)63(72)62(71)59(55-67)76-65)66-60(69)52-48-44-40-36-33-29-27-25-23-21-19-17-15-16-18-20-22-24-26-28-30-34-38-42-46-50-54-74-61(70)53-49-45-41-37-32-14-12-10-8-6-4-2/h47,51,57-59,62-65,67-68,71-73H,3-46,48-50,52-56H2,1-2H3,(H,66,69)/b51-47+. The van der Waals surface area contributed by atoms with Gasteiger partial charge in [-0.15, -0.1) is 0 Å². The topological polar surface area (TPSA) is 175 Å². The van der Waals surface area contributed by atoms with Crippen LogP contribution < -0.4 is 5.32 Å². The number of allylic oxidation sites excluding steroid dienone is 1. The van der Waals surface area contributed by atoms with Crippen LogP contribution in [0.15, 0.2) is 12.2 Å². The Labute approximate surface area is 468 Å². The molecule has 76 heavy (non-hydrogen) atoms. The number of unbranched alkanes of at least 4 members (excludes halogenated alkanes) is 44. The van der Waals surface area contributed by atoms with Crippen LogP contribution in [0, 0.1) is 0 Å². The van der Waals surface area contributed by atoms with Crippen molar-refractivity contribution in [2.24, 2.45) is 0 Å². The number of carbonyl (C=O) groups is 2. The van der Waals surface area contributed by atoms with Gasteiger partial charge >= 0.3 is 5.97 Å². The van der Waals surface area contributed by atoms with Gasteiger partial charge in [-0.2, -0.15) is 0 Å². The summed E-state index contributed by atoms with van der Waals surface area (Å²) in [7, 11) is 0. The van der Waals surface area contributed by atoms with Gasteiger partial charge in [0.15, 0.2) is 6.29 Å². The van der Waals surface area contributed by atoms with Crippen LogP contribution in [-0.4, -0.2) is 100 Å². The quantitative estimate of drug-likeness (QED) is 0.0195. The molecule has 0 spiro atoms. The number of amides is 1. The van der Waals surface area contributed by atoms with Gasteiger partial charge in [0.05, 0.1) is 32.0 Å². The Morgan fingerprint density at radius 1 is 0.474 bits per heavy atom. The summed E-state index contributed by atoms with van der Waals surface area (Å²) in [6, 6.07) is -0.806. The normalized spacial score (nSPS) is 18.6. The molecular weight excluding hydrogens is 955 g/mol. The van der Waals surface area contributed by atoms with E-state index >= 15 is 0 Å². The lowest BCUT2D eigenvalue weighted by Gasteiger charge is -2.40. The van der Waals surface area contributed by atoms with E-state index in [4.69, 9.17) is 14.2 Å². The van der Waals surface area contributed by atoms with Crippen molar-refractivity contribution in [2.75, 3.05) is 19.8 Å². The van der Waals surface area contributed by atoms with Crippen LogP contribution in [-0.2, 0) is 23.8 Å². The minimum absolute atomic E-state index is 0.00748. The zero-order valence-electron chi connectivity index (χ0n) is 49.7. The summed E-state index contributed by atoms with van der Waals surface area (Å²) in [6.07, 6.45) is 56.2. The summed E-state index contributed by atoms with van der Waals surface area (Å²) < 4.78 is 16.7. The molecule has 0 aromatic carbocycles. The maximum absolute atomic E-state index is 13.0. The van der Waals surface area contributed by atoms with Crippen LogP contribution in [0.1, 0.15) is 328 Å². The van der Waals surface area contributed by atoms with Gasteiger partial charge < -0.3 is 45.1 Å². The van der Waals surface area contributed by atoms with Crippen molar-refractivity contribution >= 4 is 11.9 Å². The number of carbonyl (C=O) groups excluding carboxylic acids is 2. The molecule has 1 fully saturated rings. The molecule has 11 nitrogen and oxygen atoms in total. The largest absolute Gasteiger partial charge is 0.466 e. The maximum Gasteiger partial charge on any atom is 0.305 e. The molecule has 11 heteroatoms. The summed E-state index contributed by atoms with van der Waals surface area (Å²) in [5, 5.41) is 54.4. The Balaban J connectivity index is 1.97. The first-order valence-corrected chi connectivity index (χ1v) is 33.0.